The highest BCUT2D eigenvalue weighted by molar-refractivity contribution is 5.95. The molecule has 5 aromatic rings. The molecular weight excluding hydrogens is 580 g/mol. The Morgan fingerprint density at radius 3 is 1.80 bits per heavy atom. The largest absolute Gasteiger partial charge is 0.454 e. The average Bonchev–Trinajstić information content (AvgIpc) is 3.06. The van der Waals surface area contributed by atoms with E-state index in [2.05, 4.69) is 0 Å². The van der Waals surface area contributed by atoms with Crippen LogP contribution < -0.4 is 24.0 Å². The third-order valence-corrected chi connectivity index (χ3v) is 8.60. The average molecular weight is 615 g/mol. The number of nitrogens with zero attached hydrogens (tertiary/aromatic N) is 2. The predicted molar refractivity (Wildman–Crippen MR) is 177 cm³/mol. The van der Waals surface area contributed by atoms with Crippen LogP contribution in [0.1, 0.15) is 50.8 Å². The summed E-state index contributed by atoms with van der Waals surface area (Å²) >= 11 is 0. The van der Waals surface area contributed by atoms with Crippen LogP contribution in [0.3, 0.4) is 0 Å². The van der Waals surface area contributed by atoms with Gasteiger partial charge in [-0.05, 0) is 78.5 Å². The fourth-order valence-electron chi connectivity index (χ4n) is 6.19. The van der Waals surface area contributed by atoms with Crippen LogP contribution in [0.2, 0.25) is 0 Å². The van der Waals surface area contributed by atoms with E-state index in [1.54, 1.807) is 36.4 Å². The van der Waals surface area contributed by atoms with Crippen molar-refractivity contribution >= 4 is 34.1 Å². The standard InChI is InChI=1S/C38H34N2O6/c1-39(2)27-18-14-25(15-19-27)36(41)43-30-11-7-10-29-35(30)31(44-37(42)26-16-20-28(21-17-26)40(3)4)22-23-38(29)45-32-12-5-8-24-9-6-13-33(46-38)34(24)32/h5-21,31H,22-23H2,1-4H3. The number of esters is 2. The van der Waals surface area contributed by atoms with Gasteiger partial charge in [-0.15, -0.1) is 0 Å². The molecule has 1 aliphatic heterocycles. The van der Waals surface area contributed by atoms with Gasteiger partial charge in [0.2, 0.25) is 0 Å². The van der Waals surface area contributed by atoms with Gasteiger partial charge in [-0.25, -0.2) is 9.59 Å². The molecule has 0 fully saturated rings. The van der Waals surface area contributed by atoms with Crippen LogP contribution in [0.5, 0.6) is 17.2 Å². The van der Waals surface area contributed by atoms with Gasteiger partial charge in [-0.2, -0.15) is 0 Å². The van der Waals surface area contributed by atoms with Crippen molar-refractivity contribution in [1.82, 2.24) is 0 Å². The van der Waals surface area contributed by atoms with Gasteiger partial charge in [0.15, 0.2) is 0 Å². The van der Waals surface area contributed by atoms with Crippen molar-refractivity contribution < 1.29 is 28.5 Å². The van der Waals surface area contributed by atoms with E-state index in [9.17, 15) is 9.59 Å². The summed E-state index contributed by atoms with van der Waals surface area (Å²) in [7, 11) is 7.75. The Kier molecular flexibility index (Phi) is 7.28. The van der Waals surface area contributed by atoms with Crippen LogP contribution in [0.4, 0.5) is 11.4 Å². The van der Waals surface area contributed by atoms with Crippen LogP contribution in [-0.2, 0) is 10.5 Å². The minimum Gasteiger partial charge on any atom is -0.454 e. The number of ether oxygens (including phenoxy) is 4. The molecule has 8 nitrogen and oxygen atoms in total. The minimum atomic E-state index is -1.22. The van der Waals surface area contributed by atoms with Gasteiger partial charge in [0, 0.05) is 57.1 Å². The van der Waals surface area contributed by atoms with E-state index in [-0.39, 0.29) is 5.75 Å². The number of rotatable bonds is 6. The van der Waals surface area contributed by atoms with Gasteiger partial charge in [-0.3, -0.25) is 0 Å². The molecule has 0 saturated heterocycles. The van der Waals surface area contributed by atoms with Crippen molar-refractivity contribution in [1.29, 1.82) is 0 Å². The molecule has 1 atom stereocenters. The van der Waals surface area contributed by atoms with Crippen molar-refractivity contribution in [3.63, 3.8) is 0 Å². The number of hydrogen-bond acceptors (Lipinski definition) is 8. The molecule has 232 valence electrons. The van der Waals surface area contributed by atoms with E-state index in [1.807, 2.05) is 105 Å². The number of anilines is 2. The highest BCUT2D eigenvalue weighted by atomic mass is 16.7. The normalized spacial score (nSPS) is 15.7. The summed E-state index contributed by atoms with van der Waals surface area (Å²) in [6.07, 6.45) is 0.0478. The quantitative estimate of drug-likeness (QED) is 0.144. The van der Waals surface area contributed by atoms with E-state index in [4.69, 9.17) is 18.9 Å². The van der Waals surface area contributed by atoms with Crippen molar-refractivity contribution in [3.05, 3.63) is 125 Å². The maximum absolute atomic E-state index is 13.5. The van der Waals surface area contributed by atoms with E-state index >= 15 is 0 Å². The molecule has 0 amide bonds. The predicted octanol–water partition coefficient (Wildman–Crippen LogP) is 7.51. The Hall–Kier alpha value is -5.50. The van der Waals surface area contributed by atoms with Crippen LogP contribution in [-0.4, -0.2) is 40.1 Å². The van der Waals surface area contributed by atoms with Crippen LogP contribution >= 0.6 is 0 Å². The zero-order valence-corrected chi connectivity index (χ0v) is 26.2. The van der Waals surface area contributed by atoms with Crippen LogP contribution in [0.15, 0.2) is 103 Å². The fraction of sp³-hybridized carbons (Fsp3) is 0.211. The van der Waals surface area contributed by atoms with Crippen molar-refractivity contribution in [2.45, 2.75) is 24.7 Å². The van der Waals surface area contributed by atoms with E-state index < -0.39 is 23.8 Å². The highest BCUT2D eigenvalue weighted by Gasteiger charge is 2.49. The van der Waals surface area contributed by atoms with Gasteiger partial charge in [0.05, 0.1) is 16.5 Å². The molecule has 0 aromatic heterocycles. The first-order chi connectivity index (χ1) is 22.2. The number of benzene rings is 5. The molecule has 46 heavy (non-hydrogen) atoms. The maximum Gasteiger partial charge on any atom is 0.343 e. The van der Waals surface area contributed by atoms with Crippen LogP contribution in [0.25, 0.3) is 10.8 Å². The molecule has 2 aliphatic rings. The summed E-state index contributed by atoms with van der Waals surface area (Å²) in [4.78, 5) is 30.9. The summed E-state index contributed by atoms with van der Waals surface area (Å²) in [6.45, 7) is 0. The Balaban J connectivity index is 1.27. The highest BCUT2D eigenvalue weighted by Crippen LogP contribution is 2.53. The molecule has 8 heteroatoms. The number of hydrogen-bond donors (Lipinski definition) is 0. The molecule has 0 saturated carbocycles. The van der Waals surface area contributed by atoms with Gasteiger partial charge in [-0.1, -0.05) is 36.4 Å². The summed E-state index contributed by atoms with van der Waals surface area (Å²) in [5.74, 6) is -0.538. The Labute approximate surface area is 267 Å². The lowest BCUT2D eigenvalue weighted by atomic mass is 9.83. The molecule has 1 aliphatic carbocycles. The molecule has 1 heterocycles. The molecule has 0 N–H and O–H groups in total. The molecular formula is C38H34N2O6. The lowest BCUT2D eigenvalue weighted by Crippen LogP contribution is -2.45. The zero-order valence-electron chi connectivity index (χ0n) is 26.2. The third-order valence-electron chi connectivity index (χ3n) is 8.60. The van der Waals surface area contributed by atoms with E-state index in [1.165, 1.54) is 0 Å². The Morgan fingerprint density at radius 2 is 1.24 bits per heavy atom. The summed E-state index contributed by atoms with van der Waals surface area (Å²) in [6, 6.07) is 31.6. The second-order valence-electron chi connectivity index (χ2n) is 12.0. The van der Waals surface area contributed by atoms with E-state index in [0.29, 0.717) is 46.6 Å². The van der Waals surface area contributed by atoms with Gasteiger partial charge >= 0.3 is 11.9 Å². The maximum atomic E-state index is 13.5. The molecule has 0 bridgehead atoms. The monoisotopic (exact) mass is 614 g/mol. The lowest BCUT2D eigenvalue weighted by Gasteiger charge is -2.44. The SMILES string of the molecule is CN(C)c1ccc(C(=O)Oc2cccc3c2C(OC(=O)c2ccc(N(C)C)cc2)CCC32Oc3cccc4cccc(c34)O2)cc1. The summed E-state index contributed by atoms with van der Waals surface area (Å²) in [5.41, 5.74) is 3.93. The topological polar surface area (TPSA) is 77.5 Å². The number of carbonyl (C=O) groups is 2. The lowest BCUT2D eigenvalue weighted by molar-refractivity contribution is -0.147. The smallest absolute Gasteiger partial charge is 0.343 e. The second-order valence-corrected chi connectivity index (χ2v) is 12.0. The summed E-state index contributed by atoms with van der Waals surface area (Å²) < 4.78 is 25.6. The molecule has 1 unspecified atom stereocenters. The molecule has 0 radical (unpaired) electrons. The zero-order chi connectivity index (χ0) is 32.0. The second kappa shape index (κ2) is 11.5. The first-order valence-corrected chi connectivity index (χ1v) is 15.2. The first kappa shape index (κ1) is 29.2. The Morgan fingerprint density at radius 1 is 0.696 bits per heavy atom. The molecule has 1 spiro atoms. The van der Waals surface area contributed by atoms with Crippen molar-refractivity contribution in [2.75, 3.05) is 38.0 Å². The number of fused-ring (bicyclic) bond motifs is 2. The molecule has 5 aromatic carbocycles. The van der Waals surface area contributed by atoms with Gasteiger partial charge in [0.1, 0.15) is 23.4 Å². The van der Waals surface area contributed by atoms with Crippen molar-refractivity contribution in [2.24, 2.45) is 0 Å². The van der Waals surface area contributed by atoms with Gasteiger partial charge in [0.25, 0.3) is 5.79 Å². The van der Waals surface area contributed by atoms with Crippen LogP contribution in [0, 0.1) is 0 Å². The van der Waals surface area contributed by atoms with Gasteiger partial charge < -0.3 is 28.7 Å². The minimum absolute atomic E-state index is 0.281. The Bertz CT molecular complexity index is 1910. The first-order valence-electron chi connectivity index (χ1n) is 15.2. The molecule has 7 rings (SSSR count). The fourth-order valence-corrected chi connectivity index (χ4v) is 6.19. The third kappa shape index (κ3) is 5.15. The van der Waals surface area contributed by atoms with Crippen molar-refractivity contribution in [3.8, 4) is 17.2 Å². The summed E-state index contributed by atoms with van der Waals surface area (Å²) in [5, 5.41) is 1.91. The number of carbonyl (C=O) groups excluding carboxylic acids is 2. The van der Waals surface area contributed by atoms with E-state index in [0.717, 1.165) is 22.1 Å².